The number of aliphatic imine (C=N–C) groups is 1. The van der Waals surface area contributed by atoms with Crippen LogP contribution in [0.2, 0.25) is 19.6 Å². The third-order valence-electron chi connectivity index (χ3n) is 4.83. The largest absolute Gasteiger partial charge is 0.395 e. The average Bonchev–Trinajstić information content (AvgIpc) is 3.02. The number of aliphatic hydroxyl groups excluding tert-OH is 1. The topological polar surface area (TPSA) is 58.6 Å². The summed E-state index contributed by atoms with van der Waals surface area (Å²) in [5.41, 5.74) is 7.97. The van der Waals surface area contributed by atoms with E-state index in [2.05, 4.69) is 36.1 Å². The van der Waals surface area contributed by atoms with Crippen molar-refractivity contribution in [3.63, 3.8) is 0 Å². The minimum Gasteiger partial charge on any atom is -0.395 e. The van der Waals surface area contributed by atoms with Crippen LogP contribution in [0, 0.1) is 23.2 Å². The zero-order valence-electron chi connectivity index (χ0n) is 15.0. The molecule has 1 heterocycles. The Morgan fingerprint density at radius 1 is 1.35 bits per heavy atom. The Labute approximate surface area is 156 Å². The summed E-state index contributed by atoms with van der Waals surface area (Å²) < 4.78 is 42.0. The van der Waals surface area contributed by atoms with E-state index in [0.29, 0.717) is 17.3 Å². The number of rotatable bonds is 2. The van der Waals surface area contributed by atoms with E-state index in [1.807, 2.05) is 0 Å². The van der Waals surface area contributed by atoms with Crippen LogP contribution >= 0.6 is 11.8 Å². The molecule has 0 radical (unpaired) electrons. The summed E-state index contributed by atoms with van der Waals surface area (Å²) in [4.78, 5) is 4.19. The standard InChI is InChI=1S/C18H21F3N2OSSi/c1-16(14-17(10-24,18(14,20)21)25-15(22)23-16)12-9-11(5-6-13(12)19)7-8-26(2,3)4/h5-6,9,14,24H,10H2,1-4H3,(H2,22,23)/t14-,16+,17?/m0/s1. The van der Waals surface area contributed by atoms with Crippen molar-refractivity contribution >= 4 is 25.0 Å². The predicted molar refractivity (Wildman–Crippen MR) is 101 cm³/mol. The molecule has 0 saturated heterocycles. The number of alkyl halides is 2. The lowest BCUT2D eigenvalue weighted by Gasteiger charge is -2.32. The number of aliphatic hydroxyl groups is 1. The lowest BCUT2D eigenvalue weighted by molar-refractivity contribution is 0.0685. The van der Waals surface area contributed by atoms with Crippen LogP contribution in [0.4, 0.5) is 13.2 Å². The molecule has 0 aromatic heterocycles. The maximum absolute atomic E-state index is 14.6. The van der Waals surface area contributed by atoms with E-state index >= 15 is 0 Å². The lowest BCUT2D eigenvalue weighted by atomic mass is 9.84. The number of nitrogens with zero attached hydrogens (tertiary/aromatic N) is 1. The highest BCUT2D eigenvalue weighted by molar-refractivity contribution is 8.15. The van der Waals surface area contributed by atoms with Crippen LogP contribution < -0.4 is 5.73 Å². The van der Waals surface area contributed by atoms with Gasteiger partial charge in [0.2, 0.25) is 0 Å². The SMILES string of the molecule is C[C@]1(c2cc(C#C[Si](C)(C)C)ccc2F)N=C(N)SC2(CO)[C@H]1C2(F)F. The van der Waals surface area contributed by atoms with E-state index in [4.69, 9.17) is 5.73 Å². The zero-order valence-corrected chi connectivity index (χ0v) is 16.8. The van der Waals surface area contributed by atoms with Gasteiger partial charge < -0.3 is 10.8 Å². The summed E-state index contributed by atoms with van der Waals surface area (Å²) in [6, 6.07) is 4.24. The maximum atomic E-state index is 14.6. The molecule has 1 fully saturated rings. The number of thioether (sulfide) groups is 1. The molecule has 140 valence electrons. The molecular formula is C18H21F3N2OSSi. The van der Waals surface area contributed by atoms with Gasteiger partial charge in [0.1, 0.15) is 18.6 Å². The summed E-state index contributed by atoms with van der Waals surface area (Å²) >= 11 is 0.673. The molecule has 3 N–H and O–H groups in total. The van der Waals surface area contributed by atoms with E-state index in [0.717, 1.165) is 0 Å². The fourth-order valence-electron chi connectivity index (χ4n) is 3.57. The average molecular weight is 399 g/mol. The molecule has 0 amide bonds. The van der Waals surface area contributed by atoms with Gasteiger partial charge in [0.25, 0.3) is 5.92 Å². The van der Waals surface area contributed by atoms with Gasteiger partial charge in [0.05, 0.1) is 18.1 Å². The zero-order chi connectivity index (χ0) is 19.5. The first-order chi connectivity index (χ1) is 11.9. The molecule has 0 bridgehead atoms. The highest BCUT2D eigenvalue weighted by atomic mass is 32.2. The fourth-order valence-corrected chi connectivity index (χ4v) is 5.45. The number of benzene rings is 1. The number of hydrogen-bond acceptors (Lipinski definition) is 4. The molecule has 3 rings (SSSR count). The highest BCUT2D eigenvalue weighted by Crippen LogP contribution is 2.74. The molecule has 1 aromatic rings. The first kappa shape index (κ1) is 19.3. The van der Waals surface area contributed by atoms with Crippen LogP contribution in [0.25, 0.3) is 0 Å². The van der Waals surface area contributed by atoms with Crippen LogP contribution in [0.3, 0.4) is 0 Å². The van der Waals surface area contributed by atoms with Crippen molar-refractivity contribution in [3.05, 3.63) is 35.1 Å². The van der Waals surface area contributed by atoms with Gasteiger partial charge in [-0.25, -0.2) is 13.2 Å². The van der Waals surface area contributed by atoms with Crippen LogP contribution in [-0.2, 0) is 5.54 Å². The molecule has 26 heavy (non-hydrogen) atoms. The van der Waals surface area contributed by atoms with E-state index in [-0.39, 0.29) is 10.7 Å². The number of fused-ring (bicyclic) bond motifs is 1. The van der Waals surface area contributed by atoms with Crippen molar-refractivity contribution in [3.8, 4) is 11.5 Å². The Bertz CT molecular complexity index is 858. The summed E-state index contributed by atoms with van der Waals surface area (Å²) in [7, 11) is -1.65. The summed E-state index contributed by atoms with van der Waals surface area (Å²) in [6.45, 7) is 6.93. The van der Waals surface area contributed by atoms with Gasteiger partial charge >= 0.3 is 0 Å². The van der Waals surface area contributed by atoms with Gasteiger partial charge in [-0.3, -0.25) is 4.99 Å². The molecule has 8 heteroatoms. The first-order valence-electron chi connectivity index (χ1n) is 8.23. The molecule has 0 spiro atoms. The first-order valence-corrected chi connectivity index (χ1v) is 12.6. The summed E-state index contributed by atoms with van der Waals surface area (Å²) in [6.07, 6.45) is 0. The summed E-state index contributed by atoms with van der Waals surface area (Å²) in [5, 5.41) is 9.52. The molecule has 1 saturated carbocycles. The van der Waals surface area contributed by atoms with Gasteiger partial charge in [-0.2, -0.15) is 0 Å². The van der Waals surface area contributed by atoms with Crippen molar-refractivity contribution in [2.24, 2.45) is 16.6 Å². The van der Waals surface area contributed by atoms with E-state index in [1.54, 1.807) is 0 Å². The molecule has 3 atom stereocenters. The smallest absolute Gasteiger partial charge is 0.272 e. The Morgan fingerprint density at radius 2 is 2.00 bits per heavy atom. The number of nitrogens with two attached hydrogens (primary N) is 1. The van der Waals surface area contributed by atoms with Gasteiger partial charge in [-0.15, -0.1) is 5.54 Å². The van der Waals surface area contributed by atoms with Crippen LogP contribution in [0.15, 0.2) is 23.2 Å². The van der Waals surface area contributed by atoms with Crippen LogP contribution in [0.1, 0.15) is 18.1 Å². The second-order valence-corrected chi connectivity index (χ2v) is 14.1. The van der Waals surface area contributed by atoms with Crippen LogP contribution in [-0.4, -0.2) is 35.6 Å². The fraction of sp³-hybridized carbons (Fsp3) is 0.500. The molecule has 1 aliphatic heterocycles. The van der Waals surface area contributed by atoms with Crippen molar-refractivity contribution in [2.45, 2.75) is 42.8 Å². The van der Waals surface area contributed by atoms with Crippen molar-refractivity contribution < 1.29 is 18.3 Å². The van der Waals surface area contributed by atoms with Gasteiger partial charge in [-0.05, 0) is 25.1 Å². The molecule has 1 unspecified atom stereocenters. The third-order valence-corrected chi connectivity index (χ3v) is 7.01. The molecule has 3 nitrogen and oxygen atoms in total. The second-order valence-electron chi connectivity index (χ2n) is 8.00. The second kappa shape index (κ2) is 5.78. The minimum absolute atomic E-state index is 0.0307. The van der Waals surface area contributed by atoms with Crippen molar-refractivity contribution in [1.82, 2.24) is 0 Å². The maximum Gasteiger partial charge on any atom is 0.272 e. The molecular weight excluding hydrogens is 377 g/mol. The Morgan fingerprint density at radius 3 is 2.58 bits per heavy atom. The van der Waals surface area contributed by atoms with Gasteiger partial charge in [-0.1, -0.05) is 37.3 Å². The minimum atomic E-state index is -3.20. The van der Waals surface area contributed by atoms with Crippen LogP contribution in [0.5, 0.6) is 0 Å². The van der Waals surface area contributed by atoms with E-state index in [1.165, 1.54) is 25.1 Å². The molecule has 1 aliphatic carbocycles. The number of hydrogen-bond donors (Lipinski definition) is 2. The summed E-state index contributed by atoms with van der Waals surface area (Å²) in [5.74, 6) is -2.15. The molecule has 1 aromatic carbocycles. The monoisotopic (exact) mass is 398 g/mol. The normalized spacial score (nSPS) is 32.2. The number of amidine groups is 1. The van der Waals surface area contributed by atoms with Crippen molar-refractivity contribution in [2.75, 3.05) is 6.61 Å². The van der Waals surface area contributed by atoms with Gasteiger partial charge in [0, 0.05) is 11.1 Å². The number of halogens is 3. The quantitative estimate of drug-likeness (QED) is 0.593. The van der Waals surface area contributed by atoms with E-state index in [9.17, 15) is 18.3 Å². The van der Waals surface area contributed by atoms with Gasteiger partial charge in [0.15, 0.2) is 5.17 Å². The Kier molecular flexibility index (Phi) is 4.30. The highest BCUT2D eigenvalue weighted by Gasteiger charge is 2.87. The third kappa shape index (κ3) is 2.77. The van der Waals surface area contributed by atoms with Crippen molar-refractivity contribution in [1.29, 1.82) is 0 Å². The Balaban J connectivity index is 2.13. The lowest BCUT2D eigenvalue weighted by Crippen LogP contribution is -2.37. The molecule has 2 aliphatic rings. The Hall–Kier alpha value is -1.43. The van der Waals surface area contributed by atoms with E-state index < -0.39 is 42.6 Å². The predicted octanol–water partition coefficient (Wildman–Crippen LogP) is 3.33.